The van der Waals surface area contributed by atoms with E-state index in [0.29, 0.717) is 26.6 Å². The van der Waals surface area contributed by atoms with Crippen LogP contribution in [0.25, 0.3) is 16.5 Å². The van der Waals surface area contributed by atoms with Gasteiger partial charge in [-0.25, -0.2) is 4.98 Å². The predicted molar refractivity (Wildman–Crippen MR) is 116 cm³/mol. The summed E-state index contributed by atoms with van der Waals surface area (Å²) in [6.07, 6.45) is 1.31. The van der Waals surface area contributed by atoms with Gasteiger partial charge in [0, 0.05) is 10.8 Å². The molecule has 0 fully saturated rings. The number of aromatic nitrogens is 2. The van der Waals surface area contributed by atoms with Gasteiger partial charge in [0.05, 0.1) is 35.5 Å². The number of nitrogens with one attached hydrogen (secondary N) is 1. The lowest BCUT2D eigenvalue weighted by Crippen LogP contribution is -2.54. The van der Waals surface area contributed by atoms with Crippen molar-refractivity contribution >= 4 is 50.3 Å². The molecule has 0 spiro atoms. The maximum atomic E-state index is 14.8. The zero-order valence-corrected chi connectivity index (χ0v) is 19.2. The van der Waals surface area contributed by atoms with Gasteiger partial charge >= 0.3 is 11.2 Å². The largest absolute Gasteiger partial charge is 0.548 e. The van der Waals surface area contributed by atoms with Crippen molar-refractivity contribution in [3.05, 3.63) is 52.8 Å². The van der Waals surface area contributed by atoms with Gasteiger partial charge in [0.2, 0.25) is 0 Å². The highest BCUT2D eigenvalue weighted by atomic mass is 79.9. The average Bonchev–Trinajstić information content (AvgIpc) is 3.09. The van der Waals surface area contributed by atoms with E-state index in [1.165, 1.54) is 24.6 Å². The van der Waals surface area contributed by atoms with Crippen LogP contribution in [0.1, 0.15) is 19.4 Å². The molecule has 1 heterocycles. The fraction of sp³-hybridized carbons (Fsp3) is 0.238. The van der Waals surface area contributed by atoms with Crippen molar-refractivity contribution in [2.45, 2.75) is 30.3 Å². The molecule has 32 heavy (non-hydrogen) atoms. The number of carbonyl (C=O) groups excluding carboxylic acids is 2. The Morgan fingerprint density at radius 2 is 1.91 bits per heavy atom. The predicted octanol–water partition coefficient (Wildman–Crippen LogP) is 3.24. The van der Waals surface area contributed by atoms with E-state index >= 15 is 0 Å². The highest BCUT2D eigenvalue weighted by Crippen LogP contribution is 2.39. The zero-order chi connectivity index (χ0) is 23.6. The topological polar surface area (TPSA) is 111 Å². The van der Waals surface area contributed by atoms with E-state index in [2.05, 4.69) is 27.0 Å². The van der Waals surface area contributed by atoms with Crippen molar-refractivity contribution in [2.75, 3.05) is 0 Å². The molecule has 0 bridgehead atoms. The van der Waals surface area contributed by atoms with Gasteiger partial charge in [0.25, 0.3) is 0 Å². The molecule has 1 N–H and O–H groups in total. The number of nitrogens with zero attached hydrogens (tertiary/aromatic N) is 3. The summed E-state index contributed by atoms with van der Waals surface area (Å²) < 4.78 is 31.2. The van der Waals surface area contributed by atoms with E-state index in [4.69, 9.17) is 0 Å². The van der Waals surface area contributed by atoms with Gasteiger partial charge in [-0.1, -0.05) is 38.1 Å². The number of halogens is 3. The van der Waals surface area contributed by atoms with Gasteiger partial charge in [-0.2, -0.15) is 14.0 Å². The van der Waals surface area contributed by atoms with Gasteiger partial charge in [-0.05, 0) is 45.7 Å². The van der Waals surface area contributed by atoms with E-state index in [9.17, 15) is 28.7 Å². The molecule has 0 aliphatic carbocycles. The molecule has 0 saturated carbocycles. The maximum Gasteiger partial charge on any atom is 0.377 e. The number of imidazole rings is 1. The summed E-state index contributed by atoms with van der Waals surface area (Å²) in [5.74, 6) is -4.06. The van der Waals surface area contributed by atoms with Crippen molar-refractivity contribution < 1.29 is 23.5 Å². The standard InChI is InChI=1S/C21H17BrF2N4O3S/c1-11(2)17(18(29)30)27-19(31)21(23,24)32-20-26-10-16(22)28(20)15-8-7-12(9-25)13-5-3-4-6-14(13)15/h3-8,10-11,17H,1-2H3,(H,27,31)(H,29,30)/p-1. The van der Waals surface area contributed by atoms with Crippen LogP contribution in [-0.4, -0.2) is 32.7 Å². The van der Waals surface area contributed by atoms with Crippen molar-refractivity contribution in [1.82, 2.24) is 14.9 Å². The van der Waals surface area contributed by atoms with Crippen LogP contribution in [0, 0.1) is 17.2 Å². The molecule has 3 rings (SSSR count). The first-order chi connectivity index (χ1) is 15.1. The molecule has 0 saturated heterocycles. The van der Waals surface area contributed by atoms with Crippen molar-refractivity contribution in [3.8, 4) is 11.8 Å². The lowest BCUT2D eigenvalue weighted by Gasteiger charge is -2.25. The monoisotopic (exact) mass is 521 g/mol. The van der Waals surface area contributed by atoms with Crippen LogP contribution in [0.15, 0.2) is 52.4 Å². The number of nitriles is 1. The Labute approximate surface area is 194 Å². The molecule has 0 aliphatic heterocycles. The van der Waals surface area contributed by atoms with Crippen molar-refractivity contribution in [1.29, 1.82) is 5.26 Å². The third-order valence-corrected chi connectivity index (χ3v) is 6.11. The Hall–Kier alpha value is -2.97. The SMILES string of the molecule is CC(C)C(NC(=O)C(F)(F)Sc1ncc(Br)n1-c1ccc(C#N)c2ccccc12)C(=O)[O-]. The number of benzene rings is 2. The second-order valence-corrected chi connectivity index (χ2v) is 9.02. The van der Waals surface area contributed by atoms with Crippen molar-refractivity contribution in [3.63, 3.8) is 0 Å². The fourth-order valence-corrected chi connectivity index (χ4v) is 4.42. The number of alkyl halides is 2. The number of fused-ring (bicyclic) bond motifs is 1. The van der Waals surface area contributed by atoms with Crippen LogP contribution >= 0.6 is 27.7 Å². The quantitative estimate of drug-likeness (QED) is 0.477. The summed E-state index contributed by atoms with van der Waals surface area (Å²) in [6.45, 7) is 2.93. The van der Waals surface area contributed by atoms with Crippen LogP contribution in [0.5, 0.6) is 0 Å². The number of carboxylic acid groups (broad SMARTS) is 1. The lowest BCUT2D eigenvalue weighted by atomic mass is 10.0. The minimum Gasteiger partial charge on any atom is -0.548 e. The highest BCUT2D eigenvalue weighted by Gasteiger charge is 2.43. The highest BCUT2D eigenvalue weighted by molar-refractivity contribution is 9.10. The van der Waals surface area contributed by atoms with Crippen LogP contribution in [0.2, 0.25) is 0 Å². The van der Waals surface area contributed by atoms with Gasteiger partial charge in [-0.15, -0.1) is 0 Å². The van der Waals surface area contributed by atoms with Gasteiger partial charge in [-0.3, -0.25) is 9.36 Å². The van der Waals surface area contributed by atoms with Crippen LogP contribution in [0.4, 0.5) is 8.78 Å². The Balaban J connectivity index is 2.00. The number of thioether (sulfide) groups is 1. The first kappa shape index (κ1) is 23.7. The molecule has 166 valence electrons. The van der Waals surface area contributed by atoms with Crippen LogP contribution < -0.4 is 10.4 Å². The molecule has 11 heteroatoms. The summed E-state index contributed by atoms with van der Waals surface area (Å²) in [4.78, 5) is 27.3. The minimum absolute atomic E-state index is 0.122. The molecule has 2 aromatic carbocycles. The Kier molecular flexibility index (Phi) is 6.85. The second-order valence-electron chi connectivity index (χ2n) is 7.12. The third-order valence-electron chi connectivity index (χ3n) is 4.64. The first-order valence-corrected chi connectivity index (χ1v) is 10.9. The minimum atomic E-state index is -4.02. The van der Waals surface area contributed by atoms with Crippen LogP contribution in [-0.2, 0) is 9.59 Å². The number of hydrogen-bond acceptors (Lipinski definition) is 6. The molecule has 0 radical (unpaired) electrons. The number of aliphatic carboxylic acids is 1. The van der Waals surface area contributed by atoms with E-state index in [0.717, 1.165) is 0 Å². The normalized spacial score (nSPS) is 12.5. The lowest BCUT2D eigenvalue weighted by molar-refractivity contribution is -0.309. The smallest absolute Gasteiger partial charge is 0.377 e. The summed E-state index contributed by atoms with van der Waals surface area (Å²) in [6, 6.07) is 10.7. The van der Waals surface area contributed by atoms with Crippen molar-refractivity contribution in [2.24, 2.45) is 5.92 Å². The van der Waals surface area contributed by atoms with Gasteiger partial charge < -0.3 is 15.2 Å². The molecule has 7 nitrogen and oxygen atoms in total. The van der Waals surface area contributed by atoms with E-state index in [1.807, 2.05) is 5.32 Å². The van der Waals surface area contributed by atoms with Gasteiger partial charge in [0.1, 0.15) is 4.60 Å². The Bertz CT molecular complexity index is 1240. The number of amides is 1. The average molecular weight is 522 g/mol. The van der Waals surface area contributed by atoms with Crippen LogP contribution in [0.3, 0.4) is 0 Å². The second kappa shape index (κ2) is 9.26. The summed E-state index contributed by atoms with van der Waals surface area (Å²) in [7, 11) is 0. The Morgan fingerprint density at radius 3 is 2.50 bits per heavy atom. The van der Waals surface area contributed by atoms with Gasteiger partial charge in [0.15, 0.2) is 5.16 Å². The number of hydrogen-bond donors (Lipinski definition) is 1. The summed E-state index contributed by atoms with van der Waals surface area (Å²) >= 11 is 3.17. The summed E-state index contributed by atoms with van der Waals surface area (Å²) in [5, 5.41) is 19.4. The molecule has 1 aromatic heterocycles. The zero-order valence-electron chi connectivity index (χ0n) is 16.8. The van der Waals surface area contributed by atoms with E-state index < -0.39 is 29.1 Å². The van der Waals surface area contributed by atoms with E-state index in [-0.39, 0.29) is 16.9 Å². The number of carbonyl (C=O) groups is 2. The molecule has 3 aromatic rings. The molecular formula is C21H16BrF2N4O3S-. The molecule has 1 amide bonds. The molecule has 1 unspecified atom stereocenters. The number of carboxylic acids is 1. The summed E-state index contributed by atoms with van der Waals surface area (Å²) in [5.41, 5.74) is 0.888. The maximum absolute atomic E-state index is 14.8. The molecular weight excluding hydrogens is 506 g/mol. The molecule has 1 atom stereocenters. The Morgan fingerprint density at radius 1 is 1.25 bits per heavy atom. The molecule has 0 aliphatic rings. The third kappa shape index (κ3) is 4.61. The van der Waals surface area contributed by atoms with E-state index in [1.54, 1.807) is 36.4 Å². The first-order valence-electron chi connectivity index (χ1n) is 9.31. The fourth-order valence-electron chi connectivity index (χ4n) is 3.07. The number of rotatable bonds is 7.